The zero-order valence-corrected chi connectivity index (χ0v) is 33.3. The lowest BCUT2D eigenvalue weighted by molar-refractivity contribution is -0.122. The smallest absolute Gasteiger partial charge is 0.294 e. The van der Waals surface area contributed by atoms with Crippen LogP contribution in [0.4, 0.5) is 17.1 Å². The van der Waals surface area contributed by atoms with Gasteiger partial charge in [0, 0.05) is 17.2 Å². The summed E-state index contributed by atoms with van der Waals surface area (Å²) in [6, 6.07) is 19.7. The fraction of sp³-hybridized carbons (Fsp3) is 0.512. The van der Waals surface area contributed by atoms with Gasteiger partial charge in [-0.15, -0.1) is 0 Å². The monoisotopic (exact) mass is 744 g/mol. The van der Waals surface area contributed by atoms with Gasteiger partial charge in [0.15, 0.2) is 0 Å². The van der Waals surface area contributed by atoms with E-state index in [-0.39, 0.29) is 17.6 Å². The minimum absolute atomic E-state index is 0.0416. The van der Waals surface area contributed by atoms with Gasteiger partial charge < -0.3 is 10.1 Å². The second-order valence-corrected chi connectivity index (χ2v) is 16.6. The number of ether oxygens (including phenoxy) is 1. The van der Waals surface area contributed by atoms with Gasteiger partial charge in [0.1, 0.15) is 11.5 Å². The number of aryl methyl sites for hydroxylation is 2. The van der Waals surface area contributed by atoms with Crippen molar-refractivity contribution in [1.82, 2.24) is 0 Å². The fourth-order valence-corrected chi connectivity index (χ4v) is 7.52. The van der Waals surface area contributed by atoms with Crippen molar-refractivity contribution in [2.24, 2.45) is 11.0 Å². The van der Waals surface area contributed by atoms with Gasteiger partial charge in [0.25, 0.3) is 5.91 Å². The van der Waals surface area contributed by atoms with Crippen molar-refractivity contribution in [2.75, 3.05) is 20.8 Å². The molecule has 10 heteroatoms. The number of hydrogen-bond donors (Lipinski definition) is 2. The van der Waals surface area contributed by atoms with Gasteiger partial charge in [0.2, 0.25) is 22.0 Å². The summed E-state index contributed by atoms with van der Waals surface area (Å²) >= 11 is 0. The third kappa shape index (κ3) is 13.3. The van der Waals surface area contributed by atoms with Crippen LogP contribution in [0.5, 0.6) is 5.75 Å². The maximum absolute atomic E-state index is 14.1. The van der Waals surface area contributed by atoms with Crippen LogP contribution in [-0.2, 0) is 19.6 Å². The summed E-state index contributed by atoms with van der Waals surface area (Å²) in [6.45, 7) is 9.73. The van der Waals surface area contributed by atoms with Gasteiger partial charge in [0.05, 0.1) is 17.1 Å². The summed E-state index contributed by atoms with van der Waals surface area (Å²) < 4.78 is 35.2. The zero-order valence-electron chi connectivity index (χ0n) is 32.5. The molecule has 2 N–H and O–H groups in total. The molecule has 0 saturated heterocycles. The van der Waals surface area contributed by atoms with Crippen LogP contribution >= 0.6 is 0 Å². The van der Waals surface area contributed by atoms with Crippen LogP contribution in [0, 0.1) is 19.8 Å². The predicted molar refractivity (Wildman–Crippen MR) is 218 cm³/mol. The van der Waals surface area contributed by atoms with Gasteiger partial charge in [-0.2, -0.15) is 10.1 Å². The molecule has 9 nitrogen and oxygen atoms in total. The van der Waals surface area contributed by atoms with E-state index in [1.807, 2.05) is 32.0 Å². The summed E-state index contributed by atoms with van der Waals surface area (Å²) in [6.07, 6.45) is 15.7. The van der Waals surface area contributed by atoms with Gasteiger partial charge >= 0.3 is 0 Å². The van der Waals surface area contributed by atoms with Crippen molar-refractivity contribution in [3.63, 3.8) is 0 Å². The zero-order chi connectivity index (χ0) is 38.2. The number of nitrogens with zero attached hydrogens (tertiary/aromatic N) is 2. The molecule has 0 aliphatic carbocycles. The number of carbonyl (C=O) groups excluding carboxylic acids is 2. The van der Waals surface area contributed by atoms with E-state index in [9.17, 15) is 18.0 Å². The van der Waals surface area contributed by atoms with E-state index >= 15 is 0 Å². The number of sulfonamides is 1. The summed E-state index contributed by atoms with van der Waals surface area (Å²) in [5, 5.41) is 8.95. The number of amides is 2. The van der Waals surface area contributed by atoms with E-state index in [0.29, 0.717) is 40.5 Å². The summed E-state index contributed by atoms with van der Waals surface area (Å²) in [5.41, 5.74) is 4.07. The van der Waals surface area contributed by atoms with Crippen molar-refractivity contribution in [2.45, 2.75) is 131 Å². The number of nitrogens with one attached hydrogen (secondary N) is 2. The molecule has 4 rings (SSSR count). The van der Waals surface area contributed by atoms with Crippen LogP contribution in [0.2, 0.25) is 0 Å². The average Bonchev–Trinajstić information content (AvgIpc) is 3.44. The first kappa shape index (κ1) is 41.6. The van der Waals surface area contributed by atoms with Crippen molar-refractivity contribution in [3.8, 4) is 5.75 Å². The highest BCUT2D eigenvalue weighted by Gasteiger charge is 2.40. The topological polar surface area (TPSA) is 117 Å². The average molecular weight is 745 g/mol. The van der Waals surface area contributed by atoms with E-state index in [1.165, 1.54) is 69.2 Å². The van der Waals surface area contributed by atoms with Crippen LogP contribution in [0.15, 0.2) is 71.8 Å². The van der Waals surface area contributed by atoms with Gasteiger partial charge in [-0.1, -0.05) is 140 Å². The SMILES string of the molecule is CCCCCCCCCCCCCCCCS(=O)(=O)Nc1cccc(C2=NN(c3ccc(C)cc3NC(=O)C(C)C)C(=O)C2Oc2ccc(C)cc2)c1. The lowest BCUT2D eigenvalue weighted by Gasteiger charge is -2.20. The standard InChI is InChI=1S/C43H60N4O5S/c1-6-7-8-9-10-11-12-13-14-15-16-17-18-19-29-53(50,51)46-36-22-20-21-35(31-36)40-41(52-37-26-23-33(4)24-27-37)43(49)47(45-40)39-28-25-34(5)30-38(39)44-42(48)32(2)3/h20-28,30-32,41,46H,6-19,29H2,1-5H3,(H,44,48). The molecule has 0 saturated carbocycles. The van der Waals surface area contributed by atoms with Crippen LogP contribution < -0.4 is 19.8 Å². The maximum Gasteiger partial charge on any atom is 0.294 e. The third-order valence-corrected chi connectivity index (χ3v) is 10.9. The van der Waals surface area contributed by atoms with Gasteiger partial charge in [-0.05, 0) is 62.2 Å². The highest BCUT2D eigenvalue weighted by Crippen LogP contribution is 2.33. The molecule has 0 fully saturated rings. The lowest BCUT2D eigenvalue weighted by Crippen LogP contribution is -2.37. The normalized spacial score (nSPS) is 14.5. The second kappa shape index (κ2) is 20.9. The molecule has 3 aromatic carbocycles. The first-order valence-corrected chi connectivity index (χ1v) is 21.3. The Morgan fingerprint density at radius 3 is 1.98 bits per heavy atom. The molecule has 1 heterocycles. The number of rotatable bonds is 23. The van der Waals surface area contributed by atoms with Crippen LogP contribution in [0.1, 0.15) is 127 Å². The lowest BCUT2D eigenvalue weighted by atomic mass is 10.0. The molecule has 3 aromatic rings. The quantitative estimate of drug-likeness (QED) is 0.0938. The van der Waals surface area contributed by atoms with Crippen molar-refractivity contribution in [3.05, 3.63) is 83.4 Å². The summed E-state index contributed by atoms with van der Waals surface area (Å²) in [5.74, 6) is -0.358. The number of carbonyl (C=O) groups is 2. The Kier molecular flexibility index (Phi) is 16.4. The van der Waals surface area contributed by atoms with E-state index in [2.05, 4.69) is 17.0 Å². The van der Waals surface area contributed by atoms with Crippen molar-refractivity contribution < 1.29 is 22.7 Å². The number of hydrogen-bond acceptors (Lipinski definition) is 6. The second-order valence-electron chi connectivity index (χ2n) is 14.7. The van der Waals surface area contributed by atoms with E-state index in [4.69, 9.17) is 9.84 Å². The molecule has 1 aliphatic rings. The van der Waals surface area contributed by atoms with Crippen molar-refractivity contribution >= 4 is 44.6 Å². The Morgan fingerprint density at radius 1 is 0.792 bits per heavy atom. The molecule has 1 unspecified atom stereocenters. The first-order valence-electron chi connectivity index (χ1n) is 19.7. The Labute approximate surface area is 318 Å². The molecule has 0 bridgehead atoms. The van der Waals surface area contributed by atoms with Gasteiger partial charge in [-0.3, -0.25) is 14.3 Å². The molecule has 0 aromatic heterocycles. The van der Waals surface area contributed by atoms with E-state index in [0.717, 1.165) is 30.4 Å². The van der Waals surface area contributed by atoms with Crippen LogP contribution in [0.3, 0.4) is 0 Å². The number of anilines is 3. The summed E-state index contributed by atoms with van der Waals surface area (Å²) in [7, 11) is -3.59. The number of unbranched alkanes of at least 4 members (excludes halogenated alkanes) is 13. The molecule has 1 atom stereocenters. The maximum atomic E-state index is 14.1. The Hall–Kier alpha value is -4.18. The molecular formula is C43H60N4O5S. The Morgan fingerprint density at radius 2 is 1.38 bits per heavy atom. The largest absolute Gasteiger partial charge is 0.474 e. The molecule has 1 aliphatic heterocycles. The van der Waals surface area contributed by atoms with Crippen molar-refractivity contribution in [1.29, 1.82) is 0 Å². The minimum Gasteiger partial charge on any atom is -0.474 e. The molecule has 0 spiro atoms. The number of hydrazone groups is 1. The predicted octanol–water partition coefficient (Wildman–Crippen LogP) is 10.3. The molecule has 288 valence electrons. The Bertz CT molecular complexity index is 1770. The fourth-order valence-electron chi connectivity index (χ4n) is 6.35. The molecule has 2 amide bonds. The minimum atomic E-state index is -3.59. The van der Waals surface area contributed by atoms with E-state index < -0.39 is 22.0 Å². The molecular weight excluding hydrogens is 685 g/mol. The molecule has 0 radical (unpaired) electrons. The van der Waals surface area contributed by atoms with Gasteiger partial charge in [-0.25, -0.2) is 8.42 Å². The number of benzene rings is 3. The summed E-state index contributed by atoms with van der Waals surface area (Å²) in [4.78, 5) is 26.8. The highest BCUT2D eigenvalue weighted by atomic mass is 32.2. The highest BCUT2D eigenvalue weighted by molar-refractivity contribution is 7.92. The van der Waals surface area contributed by atoms with E-state index in [1.54, 1.807) is 62.4 Å². The third-order valence-electron chi connectivity index (χ3n) is 9.52. The molecule has 53 heavy (non-hydrogen) atoms. The van der Waals surface area contributed by atoms with Crippen LogP contribution in [0.25, 0.3) is 0 Å². The van der Waals surface area contributed by atoms with Crippen LogP contribution in [-0.4, -0.2) is 37.8 Å². The Balaban J connectivity index is 1.40. The first-order chi connectivity index (χ1) is 25.5.